The molecule has 11 heteroatoms. The second-order valence-corrected chi connectivity index (χ2v) is 9.56. The van der Waals surface area contributed by atoms with Crippen molar-refractivity contribution in [2.24, 2.45) is 0 Å². The number of piperazine rings is 1. The van der Waals surface area contributed by atoms with Gasteiger partial charge in [-0.2, -0.15) is 5.10 Å². The first kappa shape index (κ1) is 24.4. The van der Waals surface area contributed by atoms with E-state index in [9.17, 15) is 14.0 Å². The fourth-order valence-electron chi connectivity index (χ4n) is 4.11. The molecule has 1 aliphatic heterocycles. The predicted octanol–water partition coefficient (Wildman–Crippen LogP) is 3.13. The average molecular weight is 484 g/mol. The largest absolute Gasteiger partial charge is 0.444 e. The van der Waals surface area contributed by atoms with Gasteiger partial charge in [0.1, 0.15) is 23.3 Å². The van der Waals surface area contributed by atoms with E-state index in [0.29, 0.717) is 36.3 Å². The summed E-state index contributed by atoms with van der Waals surface area (Å²) in [7, 11) is 0. The molecule has 1 aromatic carbocycles. The normalized spacial score (nSPS) is 14.8. The summed E-state index contributed by atoms with van der Waals surface area (Å²) in [6.45, 7) is 10.2. The van der Waals surface area contributed by atoms with Crippen LogP contribution in [-0.4, -0.2) is 68.2 Å². The van der Waals surface area contributed by atoms with Crippen molar-refractivity contribution >= 4 is 29.0 Å². The van der Waals surface area contributed by atoms with Crippen molar-refractivity contribution in [2.75, 3.05) is 37.2 Å². The number of amides is 2. The van der Waals surface area contributed by atoms with Crippen molar-refractivity contribution in [3.63, 3.8) is 0 Å². The number of nitrogens with two attached hydrogens (primary N) is 1. The molecule has 186 valence electrons. The molecule has 0 unspecified atom stereocenters. The van der Waals surface area contributed by atoms with Crippen molar-refractivity contribution < 1.29 is 18.7 Å². The lowest BCUT2D eigenvalue weighted by Gasteiger charge is -2.33. The van der Waals surface area contributed by atoms with Gasteiger partial charge in [0.2, 0.25) is 5.91 Å². The van der Waals surface area contributed by atoms with Gasteiger partial charge in [0, 0.05) is 45.2 Å². The zero-order chi connectivity index (χ0) is 25.3. The van der Waals surface area contributed by atoms with Crippen LogP contribution in [0, 0.1) is 5.82 Å². The van der Waals surface area contributed by atoms with Crippen LogP contribution in [0.4, 0.5) is 20.7 Å². The molecule has 0 bridgehead atoms. The number of hydrogen-bond donors (Lipinski definition) is 2. The second-order valence-electron chi connectivity index (χ2n) is 9.56. The Hall–Kier alpha value is -3.73. The number of nitrogens with one attached hydrogen (secondary N) is 1. The van der Waals surface area contributed by atoms with Crippen LogP contribution in [0.2, 0.25) is 0 Å². The molecule has 10 nitrogen and oxygen atoms in total. The van der Waals surface area contributed by atoms with Gasteiger partial charge in [0.05, 0.1) is 11.4 Å². The maximum Gasteiger partial charge on any atom is 0.412 e. The molecule has 0 spiro atoms. The van der Waals surface area contributed by atoms with Crippen molar-refractivity contribution in [1.29, 1.82) is 0 Å². The Balaban J connectivity index is 1.61. The van der Waals surface area contributed by atoms with Gasteiger partial charge in [-0.15, -0.1) is 0 Å². The van der Waals surface area contributed by atoms with Crippen LogP contribution in [0.3, 0.4) is 0 Å². The van der Waals surface area contributed by atoms with Gasteiger partial charge in [-0.25, -0.2) is 18.7 Å². The molecule has 2 aromatic heterocycles. The topological polar surface area (TPSA) is 118 Å². The van der Waals surface area contributed by atoms with E-state index >= 15 is 0 Å². The summed E-state index contributed by atoms with van der Waals surface area (Å²) in [6, 6.07) is 6.45. The number of halogens is 1. The van der Waals surface area contributed by atoms with E-state index in [2.05, 4.69) is 20.3 Å². The second kappa shape index (κ2) is 9.49. The summed E-state index contributed by atoms with van der Waals surface area (Å²) in [4.78, 5) is 31.8. The van der Waals surface area contributed by atoms with Gasteiger partial charge >= 0.3 is 6.09 Å². The lowest BCUT2D eigenvalue weighted by molar-refractivity contribution is -0.130. The van der Waals surface area contributed by atoms with E-state index in [0.717, 1.165) is 18.8 Å². The summed E-state index contributed by atoms with van der Waals surface area (Å²) >= 11 is 0. The van der Waals surface area contributed by atoms with E-state index in [1.807, 2.05) is 11.0 Å². The average Bonchev–Trinajstić information content (AvgIpc) is 3.14. The van der Waals surface area contributed by atoms with Crippen molar-refractivity contribution in [3.8, 4) is 11.1 Å². The number of hydrogen-bond acceptors (Lipinski definition) is 7. The highest BCUT2D eigenvalue weighted by molar-refractivity contribution is 5.90. The van der Waals surface area contributed by atoms with Gasteiger partial charge < -0.3 is 15.4 Å². The number of ether oxygens (including phenoxy) is 1. The summed E-state index contributed by atoms with van der Waals surface area (Å²) < 4.78 is 21.9. The Morgan fingerprint density at radius 2 is 1.89 bits per heavy atom. The number of carbonyl (C=O) groups is 2. The number of fused-ring (bicyclic) bond motifs is 1. The lowest BCUT2D eigenvalue weighted by atomic mass is 10.1. The van der Waals surface area contributed by atoms with Gasteiger partial charge in [-0.1, -0.05) is 6.07 Å². The Bertz CT molecular complexity index is 1260. The molecule has 3 N–H and O–H groups in total. The highest BCUT2D eigenvalue weighted by Gasteiger charge is 2.23. The third-order valence-corrected chi connectivity index (χ3v) is 5.78. The quantitative estimate of drug-likeness (QED) is 0.585. The summed E-state index contributed by atoms with van der Waals surface area (Å²) in [5.74, 6) is -0.253. The van der Waals surface area contributed by atoms with E-state index < -0.39 is 17.5 Å². The molecule has 0 aliphatic carbocycles. The molecule has 0 atom stereocenters. The van der Waals surface area contributed by atoms with Gasteiger partial charge in [-0.05, 0) is 44.5 Å². The minimum atomic E-state index is -0.733. The smallest absolute Gasteiger partial charge is 0.412 e. The van der Waals surface area contributed by atoms with Gasteiger partial charge in [0.25, 0.3) is 0 Å². The highest BCUT2D eigenvalue weighted by Crippen LogP contribution is 2.33. The lowest BCUT2D eigenvalue weighted by Crippen LogP contribution is -2.47. The zero-order valence-corrected chi connectivity index (χ0v) is 20.3. The van der Waals surface area contributed by atoms with E-state index in [-0.39, 0.29) is 17.4 Å². The Kier molecular flexibility index (Phi) is 6.62. The first-order valence-electron chi connectivity index (χ1n) is 11.4. The fourth-order valence-corrected chi connectivity index (χ4v) is 4.11. The van der Waals surface area contributed by atoms with Crippen molar-refractivity contribution in [1.82, 2.24) is 24.4 Å². The molecular weight excluding hydrogens is 453 g/mol. The van der Waals surface area contributed by atoms with Crippen LogP contribution in [0.25, 0.3) is 16.6 Å². The zero-order valence-electron chi connectivity index (χ0n) is 20.3. The standard InChI is InChI=1S/C24H30FN7O3/c1-15(33)31-9-7-30(8-10-31)13-17-12-18(21-22(26)27-14-28-32(17)21)16-5-6-20(19(25)11-16)29-23(34)35-24(2,3)4/h5-6,11-12,14H,7-10,13H2,1-4H3,(H,29,34)(H2,26,27,28). The van der Waals surface area contributed by atoms with Crippen molar-refractivity contribution in [2.45, 2.75) is 39.8 Å². The number of nitrogen functional groups attached to an aromatic ring is 1. The SMILES string of the molecule is CC(=O)N1CCN(Cc2cc(-c3ccc(NC(=O)OC(C)(C)C)c(F)c3)c3c(N)ncnn23)CC1. The monoisotopic (exact) mass is 483 g/mol. The third kappa shape index (κ3) is 5.51. The molecular formula is C24H30FN7O3. The number of benzene rings is 1. The molecule has 3 heterocycles. The molecule has 3 aromatic rings. The third-order valence-electron chi connectivity index (χ3n) is 5.78. The number of carbonyl (C=O) groups excluding carboxylic acids is 2. The Morgan fingerprint density at radius 3 is 2.51 bits per heavy atom. The summed E-state index contributed by atoms with van der Waals surface area (Å²) in [5.41, 5.74) is 8.21. The van der Waals surface area contributed by atoms with Crippen molar-refractivity contribution in [3.05, 3.63) is 42.1 Å². The van der Waals surface area contributed by atoms with E-state index in [4.69, 9.17) is 10.5 Å². The maximum absolute atomic E-state index is 14.9. The van der Waals surface area contributed by atoms with Crippen LogP contribution in [0.1, 0.15) is 33.4 Å². The van der Waals surface area contributed by atoms with E-state index in [1.165, 1.54) is 18.5 Å². The first-order chi connectivity index (χ1) is 16.5. The molecule has 0 radical (unpaired) electrons. The number of nitrogens with zero attached hydrogens (tertiary/aromatic N) is 5. The van der Waals surface area contributed by atoms with Crippen LogP contribution in [0.5, 0.6) is 0 Å². The first-order valence-corrected chi connectivity index (χ1v) is 11.4. The highest BCUT2D eigenvalue weighted by atomic mass is 19.1. The Labute approximate surface area is 202 Å². The van der Waals surface area contributed by atoms with Gasteiger partial charge in [-0.3, -0.25) is 15.0 Å². The Morgan fingerprint density at radius 1 is 1.17 bits per heavy atom. The molecule has 4 rings (SSSR count). The van der Waals surface area contributed by atoms with Crippen LogP contribution >= 0.6 is 0 Å². The molecule has 35 heavy (non-hydrogen) atoms. The number of anilines is 2. The molecule has 2 amide bonds. The number of rotatable bonds is 4. The number of aromatic nitrogens is 3. The van der Waals surface area contributed by atoms with Crippen LogP contribution in [-0.2, 0) is 16.1 Å². The predicted molar refractivity (Wildman–Crippen MR) is 130 cm³/mol. The van der Waals surface area contributed by atoms with Crippen LogP contribution < -0.4 is 11.1 Å². The fraction of sp³-hybridized carbons (Fsp3) is 0.417. The molecule has 1 fully saturated rings. The molecule has 1 aliphatic rings. The van der Waals surface area contributed by atoms with Crippen LogP contribution in [0.15, 0.2) is 30.6 Å². The molecule has 1 saturated heterocycles. The minimum Gasteiger partial charge on any atom is -0.444 e. The van der Waals surface area contributed by atoms with Gasteiger partial charge in [0.15, 0.2) is 5.82 Å². The summed E-state index contributed by atoms with van der Waals surface area (Å²) in [5, 5.41) is 6.82. The maximum atomic E-state index is 14.9. The minimum absolute atomic E-state index is 0.0132. The summed E-state index contributed by atoms with van der Waals surface area (Å²) in [6.07, 6.45) is 0.654. The molecule has 0 saturated carbocycles. The van der Waals surface area contributed by atoms with E-state index in [1.54, 1.807) is 38.3 Å².